The summed E-state index contributed by atoms with van der Waals surface area (Å²) in [7, 11) is 0. The van der Waals surface area contributed by atoms with E-state index < -0.39 is 0 Å². The van der Waals surface area contributed by atoms with Crippen LogP contribution in [-0.2, 0) is 9.59 Å². The first-order valence-electron chi connectivity index (χ1n) is 9.60. The molecule has 26 heavy (non-hydrogen) atoms. The summed E-state index contributed by atoms with van der Waals surface area (Å²) in [5, 5.41) is 7.56. The van der Waals surface area contributed by atoms with Crippen molar-refractivity contribution in [2.45, 2.75) is 44.7 Å². The van der Waals surface area contributed by atoms with Crippen LogP contribution < -0.4 is 5.73 Å². The summed E-state index contributed by atoms with van der Waals surface area (Å²) in [5.41, 5.74) is 7.29. The van der Waals surface area contributed by atoms with Gasteiger partial charge in [0.05, 0.1) is 11.8 Å². The number of hydrogen-bond acceptors (Lipinski definition) is 4. The zero-order valence-corrected chi connectivity index (χ0v) is 15.1. The molecule has 6 nitrogen and oxygen atoms in total. The Labute approximate surface area is 153 Å². The Bertz CT molecular complexity index is 745. The first kappa shape index (κ1) is 17.2. The Hall–Kier alpha value is -2.21. The van der Waals surface area contributed by atoms with Gasteiger partial charge in [-0.1, -0.05) is 37.6 Å². The number of imide groups is 1. The Balaban J connectivity index is 1.69. The lowest BCUT2D eigenvalue weighted by Crippen LogP contribution is -2.39. The number of amides is 2. The topological polar surface area (TPSA) is 90.5 Å². The van der Waals surface area contributed by atoms with E-state index in [-0.39, 0.29) is 41.6 Å². The highest BCUT2D eigenvalue weighted by Gasteiger charge is 2.62. The lowest BCUT2D eigenvalue weighted by Gasteiger charge is -2.29. The second-order valence-electron chi connectivity index (χ2n) is 7.66. The van der Waals surface area contributed by atoms with Crippen molar-refractivity contribution >= 4 is 17.6 Å². The summed E-state index contributed by atoms with van der Waals surface area (Å²) in [6.45, 7) is 3.56. The van der Waals surface area contributed by atoms with E-state index >= 15 is 0 Å². The van der Waals surface area contributed by atoms with E-state index in [9.17, 15) is 9.59 Å². The van der Waals surface area contributed by atoms with Crippen LogP contribution in [0.15, 0.2) is 24.3 Å². The summed E-state index contributed by atoms with van der Waals surface area (Å²) < 4.78 is 0. The molecule has 3 N–H and O–H groups in total. The third-order valence-corrected chi connectivity index (χ3v) is 6.24. The number of amidine groups is 1. The number of nitrogens with two attached hydrogens (primary N) is 1. The maximum Gasteiger partial charge on any atom is 0.235 e. The molecule has 1 aromatic carbocycles. The Morgan fingerprint density at radius 1 is 1.19 bits per heavy atom. The molecule has 0 bridgehead atoms. The van der Waals surface area contributed by atoms with Crippen molar-refractivity contribution < 1.29 is 9.59 Å². The molecular weight excluding hydrogens is 328 g/mol. The van der Waals surface area contributed by atoms with Gasteiger partial charge in [0.15, 0.2) is 0 Å². The van der Waals surface area contributed by atoms with Crippen molar-refractivity contribution in [3.63, 3.8) is 0 Å². The average molecular weight is 354 g/mol. The van der Waals surface area contributed by atoms with Gasteiger partial charge >= 0.3 is 0 Å². The molecule has 3 aliphatic heterocycles. The molecular formula is C20H26N4O2. The normalized spacial score (nSPS) is 30.7. The van der Waals surface area contributed by atoms with Gasteiger partial charge in [-0.15, -0.1) is 0 Å². The van der Waals surface area contributed by atoms with Gasteiger partial charge in [0.25, 0.3) is 0 Å². The van der Waals surface area contributed by atoms with E-state index in [1.54, 1.807) is 0 Å². The van der Waals surface area contributed by atoms with Crippen molar-refractivity contribution in [3.8, 4) is 0 Å². The summed E-state index contributed by atoms with van der Waals surface area (Å²) in [4.78, 5) is 30.0. The number of nitrogens with one attached hydrogen (secondary N) is 1. The average Bonchev–Trinajstić information content (AvgIpc) is 3.27. The zero-order chi connectivity index (χ0) is 18.4. The van der Waals surface area contributed by atoms with Crippen LogP contribution in [0.2, 0.25) is 0 Å². The second kappa shape index (κ2) is 6.50. The number of carbonyl (C=O) groups excluding carboxylic acids is 2. The highest BCUT2D eigenvalue weighted by molar-refractivity contribution is 6.06. The monoisotopic (exact) mass is 354 g/mol. The van der Waals surface area contributed by atoms with Gasteiger partial charge in [0, 0.05) is 24.2 Å². The van der Waals surface area contributed by atoms with Gasteiger partial charge in [-0.05, 0) is 31.4 Å². The Kier molecular flexibility index (Phi) is 4.31. The molecule has 1 aromatic rings. The van der Waals surface area contributed by atoms with E-state index in [1.807, 2.05) is 24.3 Å². The molecule has 0 aromatic heterocycles. The summed E-state index contributed by atoms with van der Waals surface area (Å²) in [5.74, 6) is -0.387. The number of nitrogens with zero attached hydrogens (tertiary/aromatic N) is 2. The summed E-state index contributed by atoms with van der Waals surface area (Å²) in [6, 6.07) is 7.74. The molecule has 4 atom stereocenters. The number of likely N-dealkylation sites (tertiary alicyclic amines) is 1. The Morgan fingerprint density at radius 3 is 2.54 bits per heavy atom. The molecule has 0 saturated carbocycles. The van der Waals surface area contributed by atoms with E-state index in [0.29, 0.717) is 12.1 Å². The first-order valence-corrected chi connectivity index (χ1v) is 9.60. The summed E-state index contributed by atoms with van der Waals surface area (Å²) >= 11 is 0. The number of unbranched alkanes of at least 4 members (excludes halogenated alkanes) is 1. The van der Waals surface area contributed by atoms with Crippen molar-refractivity contribution in [1.29, 1.82) is 5.41 Å². The predicted molar refractivity (Wildman–Crippen MR) is 98.5 cm³/mol. The van der Waals surface area contributed by atoms with Crippen molar-refractivity contribution in [1.82, 2.24) is 9.80 Å². The van der Waals surface area contributed by atoms with Gasteiger partial charge < -0.3 is 5.73 Å². The molecule has 4 rings (SSSR count). The van der Waals surface area contributed by atoms with Crippen LogP contribution in [0.4, 0.5) is 0 Å². The molecule has 0 radical (unpaired) electrons. The van der Waals surface area contributed by atoms with Crippen molar-refractivity contribution in [2.75, 3.05) is 13.1 Å². The Morgan fingerprint density at radius 2 is 1.88 bits per heavy atom. The van der Waals surface area contributed by atoms with Crippen LogP contribution in [0, 0.1) is 17.2 Å². The molecule has 2 amide bonds. The molecule has 6 heteroatoms. The largest absolute Gasteiger partial charge is 0.384 e. The van der Waals surface area contributed by atoms with Crippen LogP contribution in [0.5, 0.6) is 0 Å². The van der Waals surface area contributed by atoms with Gasteiger partial charge in [0.2, 0.25) is 11.8 Å². The highest BCUT2D eigenvalue weighted by atomic mass is 16.2. The van der Waals surface area contributed by atoms with Crippen LogP contribution in [0.3, 0.4) is 0 Å². The van der Waals surface area contributed by atoms with Crippen LogP contribution >= 0.6 is 0 Å². The molecule has 0 spiro atoms. The van der Waals surface area contributed by atoms with Gasteiger partial charge in [0.1, 0.15) is 5.84 Å². The van der Waals surface area contributed by atoms with Crippen molar-refractivity contribution in [2.24, 2.45) is 17.6 Å². The van der Waals surface area contributed by atoms with Crippen LogP contribution in [-0.4, -0.2) is 46.6 Å². The quantitative estimate of drug-likeness (QED) is 0.480. The molecule has 3 heterocycles. The van der Waals surface area contributed by atoms with E-state index in [1.165, 1.54) is 4.90 Å². The highest BCUT2D eigenvalue weighted by Crippen LogP contribution is 2.53. The molecule has 3 fully saturated rings. The number of nitrogen functional groups attached to an aromatic ring is 1. The number of hydrogen-bond donors (Lipinski definition) is 2. The minimum Gasteiger partial charge on any atom is -0.384 e. The smallest absolute Gasteiger partial charge is 0.235 e. The fourth-order valence-electron chi connectivity index (χ4n) is 5.06. The number of rotatable bonds is 5. The zero-order valence-electron chi connectivity index (χ0n) is 15.1. The van der Waals surface area contributed by atoms with Crippen molar-refractivity contribution in [3.05, 3.63) is 35.4 Å². The minimum absolute atomic E-state index is 0.00324. The van der Waals surface area contributed by atoms with Gasteiger partial charge in [-0.25, -0.2) is 0 Å². The molecule has 3 saturated heterocycles. The third kappa shape index (κ3) is 2.47. The maximum atomic E-state index is 13.1. The predicted octanol–water partition coefficient (Wildman–Crippen LogP) is 1.89. The minimum atomic E-state index is -0.271. The second-order valence-corrected chi connectivity index (χ2v) is 7.66. The standard InChI is InChI=1S/C20H26N4O2/c1-2-3-10-24-19(25)15-14-5-4-11-23(14)17(16(15)20(24)26)12-6-8-13(9-7-12)18(21)22/h6-9,14-17H,2-5,10-11H2,1H3,(H3,21,22). The molecule has 4 unspecified atom stereocenters. The van der Waals surface area contributed by atoms with Crippen LogP contribution in [0.1, 0.15) is 49.8 Å². The fraction of sp³-hybridized carbons (Fsp3) is 0.550. The third-order valence-electron chi connectivity index (χ3n) is 6.24. The fourth-order valence-corrected chi connectivity index (χ4v) is 5.06. The van der Waals surface area contributed by atoms with Gasteiger partial charge in [-0.2, -0.15) is 0 Å². The molecule has 3 aliphatic rings. The molecule has 138 valence electrons. The lowest BCUT2D eigenvalue weighted by molar-refractivity contribution is -0.141. The SMILES string of the molecule is CCCCN1C(=O)C2C(C1=O)C(c1ccc(C(=N)N)cc1)N1CCCC21. The van der Waals surface area contributed by atoms with Crippen LogP contribution in [0.25, 0.3) is 0 Å². The number of carbonyl (C=O) groups is 2. The number of benzene rings is 1. The number of fused-ring (bicyclic) bond motifs is 3. The van der Waals surface area contributed by atoms with E-state index in [2.05, 4.69) is 11.8 Å². The lowest BCUT2D eigenvalue weighted by atomic mass is 9.85. The maximum absolute atomic E-state index is 13.1. The van der Waals surface area contributed by atoms with E-state index in [0.717, 1.165) is 37.8 Å². The van der Waals surface area contributed by atoms with Gasteiger partial charge in [-0.3, -0.25) is 24.8 Å². The van der Waals surface area contributed by atoms with E-state index in [4.69, 9.17) is 11.1 Å². The summed E-state index contributed by atoms with van der Waals surface area (Å²) in [6.07, 6.45) is 3.90. The molecule has 0 aliphatic carbocycles. The first-order chi connectivity index (χ1) is 12.5.